The molecule has 0 fully saturated rings. The zero-order valence-electron chi connectivity index (χ0n) is 10.6. The van der Waals surface area contributed by atoms with Crippen LogP contribution in [0, 0.1) is 6.92 Å². The van der Waals surface area contributed by atoms with E-state index in [1.165, 1.54) is 4.90 Å². The van der Waals surface area contributed by atoms with Crippen molar-refractivity contribution in [2.75, 3.05) is 18.2 Å². The quantitative estimate of drug-likeness (QED) is 0.766. The van der Waals surface area contributed by atoms with Crippen LogP contribution in [-0.4, -0.2) is 18.3 Å². The van der Waals surface area contributed by atoms with E-state index in [1.54, 1.807) is 11.8 Å². The lowest BCUT2D eigenvalue weighted by Gasteiger charge is -2.20. The van der Waals surface area contributed by atoms with Gasteiger partial charge in [-0.05, 0) is 65.0 Å². The zero-order chi connectivity index (χ0) is 13.1. The van der Waals surface area contributed by atoms with Gasteiger partial charge in [-0.1, -0.05) is 0 Å². The van der Waals surface area contributed by atoms with E-state index in [-0.39, 0.29) is 0 Å². The molecule has 0 aliphatic rings. The van der Waals surface area contributed by atoms with Gasteiger partial charge in [-0.3, -0.25) is 0 Å². The molecule has 0 aliphatic carbocycles. The van der Waals surface area contributed by atoms with E-state index in [2.05, 4.69) is 69.3 Å². The van der Waals surface area contributed by atoms with E-state index in [4.69, 9.17) is 0 Å². The maximum Gasteiger partial charge on any atom is 0.135 e. The first-order valence-corrected chi connectivity index (χ1v) is 7.63. The van der Waals surface area contributed by atoms with Crippen molar-refractivity contribution in [2.24, 2.45) is 0 Å². The smallest absolute Gasteiger partial charge is 0.135 e. The van der Waals surface area contributed by atoms with E-state index >= 15 is 0 Å². The Balaban J connectivity index is 2.31. The number of aryl methyl sites for hydroxylation is 1. The first-order chi connectivity index (χ1) is 8.61. The van der Waals surface area contributed by atoms with Gasteiger partial charge in [0, 0.05) is 28.3 Å². The Morgan fingerprint density at radius 1 is 1.22 bits per heavy atom. The van der Waals surface area contributed by atoms with Gasteiger partial charge in [-0.25, -0.2) is 4.98 Å². The molecule has 0 aliphatic heterocycles. The molecule has 2 aromatic rings. The third-order valence-electron chi connectivity index (χ3n) is 2.79. The van der Waals surface area contributed by atoms with Crippen LogP contribution in [0.1, 0.15) is 5.56 Å². The summed E-state index contributed by atoms with van der Waals surface area (Å²) in [6, 6.07) is 10.6. The van der Waals surface area contributed by atoms with Gasteiger partial charge in [0.25, 0.3) is 0 Å². The van der Waals surface area contributed by atoms with Gasteiger partial charge in [-0.15, -0.1) is 11.8 Å². The highest BCUT2D eigenvalue weighted by molar-refractivity contribution is 9.10. The summed E-state index contributed by atoms with van der Waals surface area (Å²) in [6.45, 7) is 2.07. The highest BCUT2D eigenvalue weighted by atomic mass is 79.9. The Labute approximate surface area is 121 Å². The van der Waals surface area contributed by atoms with E-state index in [9.17, 15) is 0 Å². The number of pyridine rings is 1. The molecule has 1 aromatic carbocycles. The fourth-order valence-electron chi connectivity index (χ4n) is 1.81. The number of thioether (sulfide) groups is 1. The summed E-state index contributed by atoms with van der Waals surface area (Å²) in [5.41, 5.74) is 2.30. The van der Waals surface area contributed by atoms with Crippen molar-refractivity contribution in [3.05, 3.63) is 46.6 Å². The lowest BCUT2D eigenvalue weighted by Crippen LogP contribution is -2.12. The molecule has 0 atom stereocenters. The van der Waals surface area contributed by atoms with Gasteiger partial charge in [0.05, 0.1) is 0 Å². The third kappa shape index (κ3) is 2.87. The summed E-state index contributed by atoms with van der Waals surface area (Å²) < 4.78 is 1.01. The number of aromatic nitrogens is 1. The van der Waals surface area contributed by atoms with Crippen molar-refractivity contribution in [2.45, 2.75) is 11.8 Å². The minimum absolute atomic E-state index is 0.982. The van der Waals surface area contributed by atoms with Crippen LogP contribution < -0.4 is 4.90 Å². The lowest BCUT2D eigenvalue weighted by atomic mass is 10.2. The van der Waals surface area contributed by atoms with Crippen molar-refractivity contribution in [1.29, 1.82) is 0 Å². The molecular weight excluding hydrogens is 308 g/mol. The second-order valence-corrected chi connectivity index (χ2v) is 5.85. The number of halogens is 1. The molecule has 0 saturated heterocycles. The van der Waals surface area contributed by atoms with Gasteiger partial charge < -0.3 is 4.90 Å². The van der Waals surface area contributed by atoms with Crippen LogP contribution in [0.5, 0.6) is 0 Å². The molecule has 4 heteroatoms. The number of rotatable bonds is 3. The maximum atomic E-state index is 4.47. The fraction of sp³-hybridized carbons (Fsp3) is 0.214. The van der Waals surface area contributed by atoms with Crippen LogP contribution in [-0.2, 0) is 0 Å². The minimum Gasteiger partial charge on any atom is -0.329 e. The molecule has 1 aromatic heterocycles. The molecule has 2 nitrogen and oxygen atoms in total. The molecule has 0 amide bonds. The van der Waals surface area contributed by atoms with E-state index in [0.717, 1.165) is 21.5 Å². The molecule has 0 N–H and O–H groups in total. The summed E-state index contributed by atoms with van der Waals surface area (Å²) in [7, 11) is 2.04. The Bertz CT molecular complexity index is 540. The number of nitrogens with zero attached hydrogens (tertiary/aromatic N) is 2. The van der Waals surface area contributed by atoms with E-state index in [0.29, 0.717) is 0 Å². The summed E-state index contributed by atoms with van der Waals surface area (Å²) in [6.07, 6.45) is 3.91. The highest BCUT2D eigenvalue weighted by Gasteiger charge is 2.08. The van der Waals surface area contributed by atoms with Crippen molar-refractivity contribution < 1.29 is 0 Å². The Kier molecular flexibility index (Phi) is 4.30. The van der Waals surface area contributed by atoms with Gasteiger partial charge in [-0.2, -0.15) is 0 Å². The first-order valence-electron chi connectivity index (χ1n) is 5.61. The molecule has 18 heavy (non-hydrogen) atoms. The second-order valence-electron chi connectivity index (χ2n) is 4.05. The Hall–Kier alpha value is -1.00. The van der Waals surface area contributed by atoms with Crippen LogP contribution in [0.25, 0.3) is 0 Å². The normalized spacial score (nSPS) is 10.4. The van der Waals surface area contributed by atoms with Crippen molar-refractivity contribution in [1.82, 2.24) is 4.98 Å². The molecule has 0 saturated carbocycles. The number of hydrogen-bond donors (Lipinski definition) is 0. The largest absolute Gasteiger partial charge is 0.329 e. The summed E-state index contributed by atoms with van der Waals surface area (Å²) >= 11 is 5.19. The maximum absolute atomic E-state index is 4.47. The molecule has 0 radical (unpaired) electrons. The van der Waals surface area contributed by atoms with E-state index in [1.807, 2.05) is 13.2 Å². The molecule has 2 rings (SSSR count). The monoisotopic (exact) mass is 322 g/mol. The average Bonchev–Trinajstić information content (AvgIpc) is 2.38. The number of anilines is 2. The molecular formula is C14H15BrN2S. The number of hydrogen-bond acceptors (Lipinski definition) is 3. The zero-order valence-corrected chi connectivity index (χ0v) is 13.0. The lowest BCUT2D eigenvalue weighted by molar-refractivity contribution is 1.09. The van der Waals surface area contributed by atoms with Crippen LogP contribution in [0.4, 0.5) is 11.5 Å². The highest BCUT2D eigenvalue weighted by Crippen LogP contribution is 2.27. The van der Waals surface area contributed by atoms with Crippen LogP contribution in [0.15, 0.2) is 45.9 Å². The SMILES string of the molecule is CSc1ccc(N(C)c2ncc(Br)cc2C)cc1. The molecule has 94 valence electrons. The van der Waals surface area contributed by atoms with Crippen LogP contribution in [0.2, 0.25) is 0 Å². The van der Waals surface area contributed by atoms with E-state index < -0.39 is 0 Å². The van der Waals surface area contributed by atoms with Gasteiger partial charge >= 0.3 is 0 Å². The van der Waals surface area contributed by atoms with Crippen molar-refractivity contribution >= 4 is 39.2 Å². The van der Waals surface area contributed by atoms with Crippen LogP contribution in [0.3, 0.4) is 0 Å². The number of benzene rings is 1. The summed E-state index contributed by atoms with van der Waals surface area (Å²) in [5, 5.41) is 0. The standard InChI is InChI=1S/C14H15BrN2S/c1-10-8-11(15)9-16-14(10)17(2)12-4-6-13(18-3)7-5-12/h4-9H,1-3H3. The third-order valence-corrected chi connectivity index (χ3v) is 3.97. The average molecular weight is 323 g/mol. The van der Waals surface area contributed by atoms with Crippen molar-refractivity contribution in [3.63, 3.8) is 0 Å². The van der Waals surface area contributed by atoms with Gasteiger partial charge in [0.1, 0.15) is 5.82 Å². The fourth-order valence-corrected chi connectivity index (χ4v) is 2.67. The Morgan fingerprint density at radius 2 is 1.89 bits per heavy atom. The molecule has 0 spiro atoms. The van der Waals surface area contributed by atoms with Crippen molar-refractivity contribution in [3.8, 4) is 0 Å². The predicted molar refractivity (Wildman–Crippen MR) is 83.0 cm³/mol. The molecule has 0 unspecified atom stereocenters. The predicted octanol–water partition coefficient (Wildman–Crippen LogP) is 4.64. The molecule has 1 heterocycles. The minimum atomic E-state index is 0.982. The first kappa shape index (κ1) is 13.4. The van der Waals surface area contributed by atoms with Crippen LogP contribution >= 0.6 is 27.7 Å². The molecule has 0 bridgehead atoms. The Morgan fingerprint density at radius 3 is 2.44 bits per heavy atom. The summed E-state index contributed by atoms with van der Waals surface area (Å²) in [4.78, 5) is 7.84. The summed E-state index contributed by atoms with van der Waals surface area (Å²) in [5.74, 6) is 0.982. The second kappa shape index (κ2) is 5.76. The van der Waals surface area contributed by atoms with Gasteiger partial charge in [0.15, 0.2) is 0 Å². The topological polar surface area (TPSA) is 16.1 Å². The van der Waals surface area contributed by atoms with Gasteiger partial charge in [0.2, 0.25) is 0 Å².